The summed E-state index contributed by atoms with van der Waals surface area (Å²) in [6.45, 7) is 5.39. The van der Waals surface area contributed by atoms with Crippen LogP contribution in [0.2, 0.25) is 0 Å². The highest BCUT2D eigenvalue weighted by Gasteiger charge is 2.26. The van der Waals surface area contributed by atoms with Crippen molar-refractivity contribution in [2.75, 3.05) is 33.4 Å². The number of amides is 1. The molecule has 130 valence electrons. The second-order valence-electron chi connectivity index (χ2n) is 6.09. The second-order valence-corrected chi connectivity index (χ2v) is 6.09. The molecule has 0 unspecified atom stereocenters. The number of carbonyl (C=O) groups excluding carboxylic acids is 1. The van der Waals surface area contributed by atoms with Gasteiger partial charge in [-0.25, -0.2) is 0 Å². The van der Waals surface area contributed by atoms with E-state index in [2.05, 4.69) is 17.6 Å². The Balaban J connectivity index is 0.00000264. The summed E-state index contributed by atoms with van der Waals surface area (Å²) >= 11 is 0. The molecular formula is C17H27ClN2O3. The first-order valence-corrected chi connectivity index (χ1v) is 7.86. The highest BCUT2D eigenvalue weighted by atomic mass is 35.5. The molecule has 2 N–H and O–H groups in total. The molecule has 1 saturated heterocycles. The summed E-state index contributed by atoms with van der Waals surface area (Å²) in [7, 11) is 1.61. The van der Waals surface area contributed by atoms with E-state index in [9.17, 15) is 4.79 Å². The first-order valence-electron chi connectivity index (χ1n) is 7.86. The van der Waals surface area contributed by atoms with Crippen LogP contribution in [-0.4, -0.2) is 39.3 Å². The number of methoxy groups -OCH3 is 1. The van der Waals surface area contributed by atoms with Crippen LogP contribution in [-0.2, 0) is 4.79 Å². The molecule has 0 aromatic heterocycles. The van der Waals surface area contributed by atoms with Gasteiger partial charge < -0.3 is 20.1 Å². The third kappa shape index (κ3) is 6.28. The van der Waals surface area contributed by atoms with Gasteiger partial charge in [0.15, 0.2) is 11.5 Å². The van der Waals surface area contributed by atoms with Gasteiger partial charge in [-0.3, -0.25) is 4.79 Å². The van der Waals surface area contributed by atoms with Gasteiger partial charge in [-0.1, -0.05) is 19.1 Å². The minimum Gasteiger partial charge on any atom is -0.493 e. The van der Waals surface area contributed by atoms with Crippen LogP contribution in [0.1, 0.15) is 26.2 Å². The number of hydrogen-bond donors (Lipinski definition) is 2. The van der Waals surface area contributed by atoms with Crippen LogP contribution >= 0.6 is 12.4 Å². The summed E-state index contributed by atoms with van der Waals surface area (Å²) in [4.78, 5) is 11.9. The van der Waals surface area contributed by atoms with Gasteiger partial charge in [0.05, 0.1) is 20.1 Å². The first-order chi connectivity index (χ1) is 10.6. The van der Waals surface area contributed by atoms with E-state index in [0.29, 0.717) is 24.5 Å². The van der Waals surface area contributed by atoms with E-state index < -0.39 is 0 Å². The SMILES string of the molecule is COc1ccccc1OCCC(=O)NCC1(C)CCNCC1.Cl. The van der Waals surface area contributed by atoms with Gasteiger partial charge in [0, 0.05) is 6.54 Å². The summed E-state index contributed by atoms with van der Waals surface area (Å²) in [6, 6.07) is 7.45. The van der Waals surface area contributed by atoms with Crippen LogP contribution in [0.5, 0.6) is 11.5 Å². The topological polar surface area (TPSA) is 59.6 Å². The molecule has 6 heteroatoms. The predicted molar refractivity (Wildman–Crippen MR) is 93.6 cm³/mol. The van der Waals surface area contributed by atoms with Gasteiger partial charge in [-0.05, 0) is 43.5 Å². The van der Waals surface area contributed by atoms with E-state index in [4.69, 9.17) is 9.47 Å². The molecule has 0 bridgehead atoms. The van der Waals surface area contributed by atoms with E-state index in [1.54, 1.807) is 7.11 Å². The number of carbonyl (C=O) groups is 1. The van der Waals surface area contributed by atoms with Gasteiger partial charge >= 0.3 is 0 Å². The lowest BCUT2D eigenvalue weighted by atomic mass is 9.81. The molecule has 0 aliphatic carbocycles. The van der Waals surface area contributed by atoms with Crippen molar-refractivity contribution < 1.29 is 14.3 Å². The Hall–Kier alpha value is -1.46. The Morgan fingerprint density at radius 1 is 1.26 bits per heavy atom. The Kier molecular flexibility index (Phi) is 8.20. The fourth-order valence-electron chi connectivity index (χ4n) is 2.60. The molecule has 0 spiro atoms. The summed E-state index contributed by atoms with van der Waals surface area (Å²) in [6.07, 6.45) is 2.56. The molecule has 2 rings (SSSR count). The zero-order valence-corrected chi connectivity index (χ0v) is 14.7. The van der Waals surface area contributed by atoms with Crippen molar-refractivity contribution in [1.29, 1.82) is 0 Å². The molecule has 1 aromatic carbocycles. The molecule has 5 nitrogen and oxygen atoms in total. The number of halogens is 1. The normalized spacial score (nSPS) is 16.1. The van der Waals surface area contributed by atoms with Crippen molar-refractivity contribution in [2.24, 2.45) is 5.41 Å². The molecule has 1 aliphatic heterocycles. The van der Waals surface area contributed by atoms with E-state index in [0.717, 1.165) is 32.5 Å². The van der Waals surface area contributed by atoms with Gasteiger partial charge in [-0.2, -0.15) is 0 Å². The predicted octanol–water partition coefficient (Wildman–Crippen LogP) is 2.39. The smallest absolute Gasteiger partial charge is 0.223 e. The van der Waals surface area contributed by atoms with Gasteiger partial charge in [-0.15, -0.1) is 12.4 Å². The minimum absolute atomic E-state index is 0. The molecule has 0 saturated carbocycles. The fraction of sp³-hybridized carbons (Fsp3) is 0.588. The lowest BCUT2D eigenvalue weighted by molar-refractivity contribution is -0.122. The third-order valence-corrected chi connectivity index (χ3v) is 4.18. The lowest BCUT2D eigenvalue weighted by Gasteiger charge is -2.34. The van der Waals surface area contributed by atoms with E-state index in [1.165, 1.54) is 0 Å². The Morgan fingerprint density at radius 3 is 2.57 bits per heavy atom. The van der Waals surface area contributed by atoms with Crippen molar-refractivity contribution in [3.63, 3.8) is 0 Å². The van der Waals surface area contributed by atoms with Crippen molar-refractivity contribution in [2.45, 2.75) is 26.2 Å². The highest BCUT2D eigenvalue weighted by Crippen LogP contribution is 2.27. The maximum atomic E-state index is 11.9. The second kappa shape index (κ2) is 9.63. The fourth-order valence-corrected chi connectivity index (χ4v) is 2.60. The molecule has 0 atom stereocenters. The third-order valence-electron chi connectivity index (χ3n) is 4.18. The molecular weight excluding hydrogens is 316 g/mol. The number of para-hydroxylation sites is 2. The van der Waals surface area contributed by atoms with Crippen LogP contribution in [0.25, 0.3) is 0 Å². The summed E-state index contributed by atoms with van der Waals surface area (Å²) in [5, 5.41) is 6.38. The average Bonchev–Trinajstić information content (AvgIpc) is 2.54. The van der Waals surface area contributed by atoms with Crippen LogP contribution in [0.3, 0.4) is 0 Å². The number of ether oxygens (including phenoxy) is 2. The van der Waals surface area contributed by atoms with Crippen molar-refractivity contribution in [3.8, 4) is 11.5 Å². The Labute approximate surface area is 144 Å². The molecule has 1 fully saturated rings. The van der Waals surface area contributed by atoms with Crippen LogP contribution in [0.4, 0.5) is 0 Å². The molecule has 1 heterocycles. The van der Waals surface area contributed by atoms with E-state index >= 15 is 0 Å². The van der Waals surface area contributed by atoms with Crippen molar-refractivity contribution in [1.82, 2.24) is 10.6 Å². The molecule has 1 aromatic rings. The maximum Gasteiger partial charge on any atom is 0.223 e. The van der Waals surface area contributed by atoms with Gasteiger partial charge in [0.2, 0.25) is 5.91 Å². The van der Waals surface area contributed by atoms with Crippen molar-refractivity contribution >= 4 is 18.3 Å². The number of benzene rings is 1. The number of piperidine rings is 1. The summed E-state index contributed by atoms with van der Waals surface area (Å²) in [5.74, 6) is 1.39. The van der Waals surface area contributed by atoms with Gasteiger partial charge in [0.1, 0.15) is 0 Å². The lowest BCUT2D eigenvalue weighted by Crippen LogP contribution is -2.43. The largest absolute Gasteiger partial charge is 0.493 e. The van der Waals surface area contributed by atoms with Gasteiger partial charge in [0.25, 0.3) is 0 Å². The molecule has 0 radical (unpaired) electrons. The minimum atomic E-state index is 0. The van der Waals surface area contributed by atoms with Crippen LogP contribution in [0.15, 0.2) is 24.3 Å². The highest BCUT2D eigenvalue weighted by molar-refractivity contribution is 5.85. The Bertz CT molecular complexity index is 490. The maximum absolute atomic E-state index is 11.9. The number of nitrogens with one attached hydrogen (secondary N) is 2. The zero-order chi connectivity index (χ0) is 15.8. The zero-order valence-electron chi connectivity index (χ0n) is 13.9. The average molecular weight is 343 g/mol. The number of hydrogen-bond acceptors (Lipinski definition) is 4. The first kappa shape index (κ1) is 19.6. The van der Waals surface area contributed by atoms with Crippen molar-refractivity contribution in [3.05, 3.63) is 24.3 Å². The van der Waals surface area contributed by atoms with E-state index in [1.807, 2.05) is 24.3 Å². The standard InChI is InChI=1S/C17H26N2O3.ClH/c1-17(8-10-18-11-9-17)13-19-16(20)7-12-22-15-6-4-3-5-14(15)21-2;/h3-6,18H,7-13H2,1-2H3,(H,19,20);1H. The monoisotopic (exact) mass is 342 g/mol. The summed E-state index contributed by atoms with van der Waals surface area (Å²) < 4.78 is 10.8. The molecule has 1 amide bonds. The number of rotatable bonds is 7. The molecule has 1 aliphatic rings. The quantitative estimate of drug-likeness (QED) is 0.798. The van der Waals surface area contributed by atoms with Crippen LogP contribution < -0.4 is 20.1 Å². The van der Waals surface area contributed by atoms with Crippen LogP contribution in [0, 0.1) is 5.41 Å². The Morgan fingerprint density at radius 2 is 1.91 bits per heavy atom. The molecule has 23 heavy (non-hydrogen) atoms. The van der Waals surface area contributed by atoms with E-state index in [-0.39, 0.29) is 23.7 Å². The summed E-state index contributed by atoms with van der Waals surface area (Å²) in [5.41, 5.74) is 0.213.